The van der Waals surface area contributed by atoms with Crippen LogP contribution in [0.2, 0.25) is 0 Å². The Morgan fingerprint density at radius 2 is 1.44 bits per heavy atom. The van der Waals surface area contributed by atoms with E-state index in [0.29, 0.717) is 0 Å². The van der Waals surface area contributed by atoms with Crippen LogP contribution < -0.4 is 5.73 Å². The molecule has 0 spiro atoms. The van der Waals surface area contributed by atoms with Crippen LogP contribution in [0.4, 0.5) is 0 Å². The summed E-state index contributed by atoms with van der Waals surface area (Å²) in [6.45, 7) is 11.8. The van der Waals surface area contributed by atoms with Gasteiger partial charge < -0.3 is 10.5 Å². The first kappa shape index (κ1) is 14.3. The van der Waals surface area contributed by atoms with Crippen molar-refractivity contribution in [2.75, 3.05) is 19.6 Å². The highest BCUT2D eigenvalue weighted by atomic mass is 16.5. The lowest BCUT2D eigenvalue weighted by atomic mass is 9.81. The lowest BCUT2D eigenvalue weighted by Crippen LogP contribution is -2.61. The first-order valence-corrected chi connectivity index (χ1v) is 7.41. The molecule has 3 heteroatoms. The second kappa shape index (κ2) is 4.77. The second-order valence-corrected chi connectivity index (χ2v) is 7.69. The van der Waals surface area contributed by atoms with Crippen molar-refractivity contribution in [2.24, 2.45) is 5.73 Å². The van der Waals surface area contributed by atoms with E-state index < -0.39 is 0 Å². The van der Waals surface area contributed by atoms with Gasteiger partial charge in [-0.2, -0.15) is 0 Å². The molecule has 1 heterocycles. The van der Waals surface area contributed by atoms with E-state index in [2.05, 4.69) is 32.6 Å². The van der Waals surface area contributed by atoms with E-state index in [1.54, 1.807) is 0 Å². The van der Waals surface area contributed by atoms with E-state index in [1.165, 1.54) is 32.1 Å². The van der Waals surface area contributed by atoms with Crippen molar-refractivity contribution in [3.8, 4) is 0 Å². The predicted octanol–water partition coefficient (Wildman–Crippen LogP) is 2.54. The molecule has 18 heavy (non-hydrogen) atoms. The first-order chi connectivity index (χ1) is 8.20. The molecule has 2 aliphatic rings. The second-order valence-electron chi connectivity index (χ2n) is 7.69. The molecule has 2 rings (SSSR count). The summed E-state index contributed by atoms with van der Waals surface area (Å²) in [6, 6.07) is 0. The topological polar surface area (TPSA) is 38.5 Å². The summed E-state index contributed by atoms with van der Waals surface area (Å²) in [5.41, 5.74) is 6.50. The molecule has 1 aliphatic heterocycles. The Bertz CT molecular complexity index is 277. The van der Waals surface area contributed by atoms with Crippen molar-refractivity contribution in [1.82, 2.24) is 4.90 Å². The molecule has 0 bridgehead atoms. The van der Waals surface area contributed by atoms with Crippen LogP contribution in [0.1, 0.15) is 59.8 Å². The van der Waals surface area contributed by atoms with Gasteiger partial charge in [0.05, 0.1) is 11.2 Å². The highest BCUT2D eigenvalue weighted by Gasteiger charge is 2.40. The van der Waals surface area contributed by atoms with Crippen LogP contribution in [0, 0.1) is 0 Å². The summed E-state index contributed by atoms with van der Waals surface area (Å²) in [4.78, 5) is 2.52. The first-order valence-electron chi connectivity index (χ1n) is 7.41. The summed E-state index contributed by atoms with van der Waals surface area (Å²) in [5.74, 6) is 0. The normalized spacial score (nSPS) is 31.2. The van der Waals surface area contributed by atoms with Gasteiger partial charge in [-0.15, -0.1) is 0 Å². The molecule has 1 aliphatic carbocycles. The zero-order valence-electron chi connectivity index (χ0n) is 12.6. The summed E-state index contributed by atoms with van der Waals surface area (Å²) >= 11 is 0. The minimum absolute atomic E-state index is 0.0434. The zero-order chi connectivity index (χ0) is 13.4. The van der Waals surface area contributed by atoms with Gasteiger partial charge in [0, 0.05) is 25.2 Å². The maximum atomic E-state index is 6.58. The fraction of sp³-hybridized carbons (Fsp3) is 1.00. The van der Waals surface area contributed by atoms with Crippen LogP contribution in [0.25, 0.3) is 0 Å². The smallest absolute Gasteiger partial charge is 0.0760 e. The molecule has 106 valence electrons. The van der Waals surface area contributed by atoms with Crippen molar-refractivity contribution in [2.45, 2.75) is 76.5 Å². The molecule has 1 saturated carbocycles. The Balaban J connectivity index is 2.00. The molecular formula is C15H30N2O. The third-order valence-corrected chi connectivity index (χ3v) is 4.15. The van der Waals surface area contributed by atoms with Crippen molar-refractivity contribution < 1.29 is 4.74 Å². The van der Waals surface area contributed by atoms with E-state index in [0.717, 1.165) is 19.6 Å². The third-order valence-electron chi connectivity index (χ3n) is 4.15. The number of nitrogens with two attached hydrogens (primary N) is 1. The van der Waals surface area contributed by atoms with Crippen LogP contribution in [0.3, 0.4) is 0 Å². The molecule has 0 unspecified atom stereocenters. The van der Waals surface area contributed by atoms with Crippen LogP contribution in [-0.2, 0) is 4.74 Å². The van der Waals surface area contributed by atoms with Crippen molar-refractivity contribution >= 4 is 0 Å². The van der Waals surface area contributed by atoms with Gasteiger partial charge in [0.25, 0.3) is 0 Å². The van der Waals surface area contributed by atoms with Gasteiger partial charge in [-0.1, -0.05) is 19.3 Å². The zero-order valence-corrected chi connectivity index (χ0v) is 12.6. The predicted molar refractivity (Wildman–Crippen MR) is 75.7 cm³/mol. The third kappa shape index (κ3) is 3.69. The quantitative estimate of drug-likeness (QED) is 0.823. The van der Waals surface area contributed by atoms with Crippen molar-refractivity contribution in [3.05, 3.63) is 0 Å². The minimum Gasteiger partial charge on any atom is -0.367 e. The highest BCUT2D eigenvalue weighted by Crippen LogP contribution is 2.32. The maximum Gasteiger partial charge on any atom is 0.0760 e. The molecule has 0 aromatic heterocycles. The van der Waals surface area contributed by atoms with Crippen LogP contribution in [0.5, 0.6) is 0 Å². The number of ether oxygens (including phenoxy) is 1. The number of hydrogen-bond acceptors (Lipinski definition) is 3. The van der Waals surface area contributed by atoms with Crippen LogP contribution in [-0.4, -0.2) is 41.3 Å². The van der Waals surface area contributed by atoms with E-state index in [1.807, 2.05) is 0 Å². The van der Waals surface area contributed by atoms with E-state index in [9.17, 15) is 0 Å². The number of nitrogens with zero attached hydrogens (tertiary/aromatic N) is 1. The summed E-state index contributed by atoms with van der Waals surface area (Å²) in [6.07, 6.45) is 6.33. The fourth-order valence-electron chi connectivity index (χ4n) is 3.92. The molecule has 0 amide bonds. The fourth-order valence-corrected chi connectivity index (χ4v) is 3.92. The van der Waals surface area contributed by atoms with Crippen molar-refractivity contribution in [3.63, 3.8) is 0 Å². The molecule has 2 fully saturated rings. The van der Waals surface area contributed by atoms with Gasteiger partial charge in [-0.3, -0.25) is 4.90 Å². The monoisotopic (exact) mass is 254 g/mol. The molecule has 0 aromatic rings. The molecule has 1 saturated heterocycles. The van der Waals surface area contributed by atoms with Gasteiger partial charge in [0.15, 0.2) is 0 Å². The van der Waals surface area contributed by atoms with Gasteiger partial charge in [-0.25, -0.2) is 0 Å². The lowest BCUT2D eigenvalue weighted by Gasteiger charge is -2.49. The Morgan fingerprint density at radius 1 is 0.944 bits per heavy atom. The maximum absolute atomic E-state index is 6.58. The van der Waals surface area contributed by atoms with Gasteiger partial charge in [-0.05, 0) is 40.5 Å². The van der Waals surface area contributed by atoms with E-state index >= 15 is 0 Å². The van der Waals surface area contributed by atoms with E-state index in [4.69, 9.17) is 10.5 Å². The average Bonchev–Trinajstić information content (AvgIpc) is 2.11. The lowest BCUT2D eigenvalue weighted by molar-refractivity contribution is -0.183. The highest BCUT2D eigenvalue weighted by molar-refractivity contribution is 4.95. The molecule has 3 nitrogen and oxygen atoms in total. The van der Waals surface area contributed by atoms with Gasteiger partial charge >= 0.3 is 0 Å². The minimum atomic E-state index is -0.0627. The van der Waals surface area contributed by atoms with Gasteiger partial charge in [0.2, 0.25) is 0 Å². The molecule has 0 atom stereocenters. The molecule has 2 N–H and O–H groups in total. The molecular weight excluding hydrogens is 224 g/mol. The summed E-state index contributed by atoms with van der Waals surface area (Å²) in [5, 5.41) is 0. The number of rotatable bonds is 2. The largest absolute Gasteiger partial charge is 0.367 e. The standard InChI is InChI=1S/C15H30N2O/c1-13(2)10-17(11-14(3,4)18-13)12-15(16)8-6-5-7-9-15/h5-12,16H2,1-4H3. The Hall–Kier alpha value is -0.120. The molecule has 0 radical (unpaired) electrons. The van der Waals surface area contributed by atoms with Gasteiger partial charge in [0.1, 0.15) is 0 Å². The summed E-state index contributed by atoms with van der Waals surface area (Å²) in [7, 11) is 0. The average molecular weight is 254 g/mol. The molecule has 0 aromatic carbocycles. The van der Waals surface area contributed by atoms with E-state index in [-0.39, 0.29) is 16.7 Å². The Labute approximate surface area is 112 Å². The number of hydrogen-bond donors (Lipinski definition) is 1. The number of morpholine rings is 1. The van der Waals surface area contributed by atoms with Crippen molar-refractivity contribution in [1.29, 1.82) is 0 Å². The Kier molecular flexibility index (Phi) is 3.79. The van der Waals surface area contributed by atoms with Crippen LogP contribution in [0.15, 0.2) is 0 Å². The Morgan fingerprint density at radius 3 is 1.94 bits per heavy atom. The SMILES string of the molecule is CC1(C)CN(CC2(N)CCCCC2)CC(C)(C)O1. The summed E-state index contributed by atoms with van der Waals surface area (Å²) < 4.78 is 6.13. The van der Waals surface area contributed by atoms with Crippen LogP contribution >= 0.6 is 0 Å².